The maximum Gasteiger partial charge on any atom is 2.00 e. The van der Waals surface area contributed by atoms with E-state index < -0.39 is 5.97 Å². The van der Waals surface area contributed by atoms with Gasteiger partial charge in [0.15, 0.2) is 0 Å². The molecule has 0 aliphatic heterocycles. The van der Waals surface area contributed by atoms with E-state index in [-0.39, 0.29) is 34.1 Å². The van der Waals surface area contributed by atoms with Crippen molar-refractivity contribution >= 4 is 55.2 Å². The molecule has 0 bridgehead atoms. The van der Waals surface area contributed by atoms with Gasteiger partial charge >= 0.3 is 17.1 Å². The van der Waals surface area contributed by atoms with Crippen LogP contribution in [0.5, 0.6) is 11.5 Å². The molecule has 1 radical (unpaired) electrons. The van der Waals surface area contributed by atoms with Gasteiger partial charge in [0.2, 0.25) is 0 Å². The van der Waals surface area contributed by atoms with Gasteiger partial charge in [-0.25, -0.2) is 0 Å². The van der Waals surface area contributed by atoms with E-state index in [0.717, 1.165) is 10.8 Å². The normalized spacial score (nSPS) is 10.1. The van der Waals surface area contributed by atoms with E-state index in [1.807, 2.05) is 6.07 Å². The summed E-state index contributed by atoms with van der Waals surface area (Å²) in [6.07, 6.45) is 1.58. The van der Waals surface area contributed by atoms with Crippen LogP contribution in [0.3, 0.4) is 0 Å². The molecule has 0 saturated heterocycles. The molecular formula is C20H11BrClCuNO4. The molecular weight excluding hydrogens is 497 g/mol. The summed E-state index contributed by atoms with van der Waals surface area (Å²) in [5, 5.41) is 34.3. The summed E-state index contributed by atoms with van der Waals surface area (Å²) in [4.78, 5) is 14.7. The van der Waals surface area contributed by atoms with Crippen LogP contribution in [0.4, 0.5) is 0 Å². The number of benzene rings is 3. The Kier molecular flexibility index (Phi) is 7.27. The fourth-order valence-corrected chi connectivity index (χ4v) is 3.35. The van der Waals surface area contributed by atoms with Crippen LogP contribution in [-0.2, 0) is 17.1 Å². The largest absolute Gasteiger partial charge is 2.00 e. The minimum atomic E-state index is -1.39. The van der Waals surface area contributed by atoms with Gasteiger partial charge in [0.25, 0.3) is 0 Å². The van der Waals surface area contributed by atoms with Crippen LogP contribution < -0.4 is 10.2 Å². The molecule has 1 heterocycles. The Hall–Kier alpha value is -2.31. The van der Waals surface area contributed by atoms with Gasteiger partial charge in [0.05, 0.1) is 16.0 Å². The SMILES string of the molecule is O=C([O-])c1cc2ccccc2c(Br)c1O.[Cu+2].[O-]c1ccc(Cl)c2cccnc12. The van der Waals surface area contributed by atoms with Gasteiger partial charge in [-0.15, -0.1) is 0 Å². The number of hydrogen-bond acceptors (Lipinski definition) is 5. The maximum absolute atomic E-state index is 11.2. The zero-order valence-electron chi connectivity index (χ0n) is 14.0. The van der Waals surface area contributed by atoms with Crippen molar-refractivity contribution < 1.29 is 37.2 Å². The van der Waals surface area contributed by atoms with E-state index in [4.69, 9.17) is 11.6 Å². The van der Waals surface area contributed by atoms with Gasteiger partial charge in [-0.05, 0) is 51.0 Å². The number of carbonyl (C=O) groups excluding carboxylic acids is 1. The van der Waals surface area contributed by atoms with Crippen molar-refractivity contribution in [2.24, 2.45) is 0 Å². The van der Waals surface area contributed by atoms with E-state index in [9.17, 15) is 20.1 Å². The van der Waals surface area contributed by atoms with Gasteiger partial charge in [0, 0.05) is 22.2 Å². The van der Waals surface area contributed by atoms with Gasteiger partial charge in [-0.1, -0.05) is 47.7 Å². The van der Waals surface area contributed by atoms with E-state index >= 15 is 0 Å². The Balaban J connectivity index is 0.000000198. The third kappa shape index (κ3) is 4.39. The van der Waals surface area contributed by atoms with Crippen LogP contribution >= 0.6 is 27.5 Å². The number of aromatic nitrogens is 1. The molecule has 145 valence electrons. The second kappa shape index (κ2) is 9.26. The van der Waals surface area contributed by atoms with Crippen LogP contribution in [0, 0.1) is 0 Å². The van der Waals surface area contributed by atoms with Crippen molar-refractivity contribution in [3.05, 3.63) is 75.9 Å². The number of carboxylic acids is 1. The minimum Gasteiger partial charge on any atom is -0.871 e. The van der Waals surface area contributed by atoms with Gasteiger partial charge in [-0.2, -0.15) is 0 Å². The van der Waals surface area contributed by atoms with Crippen molar-refractivity contribution in [3.8, 4) is 11.5 Å². The average Bonchev–Trinajstić information content (AvgIpc) is 2.68. The van der Waals surface area contributed by atoms with Crippen LogP contribution in [-0.4, -0.2) is 16.1 Å². The first-order chi connectivity index (χ1) is 12.9. The van der Waals surface area contributed by atoms with E-state index in [1.165, 1.54) is 12.1 Å². The van der Waals surface area contributed by atoms with Crippen LogP contribution in [0.2, 0.25) is 5.02 Å². The number of carbonyl (C=O) groups is 1. The van der Waals surface area contributed by atoms with E-state index in [2.05, 4.69) is 20.9 Å². The molecule has 0 aliphatic rings. The Morgan fingerprint density at radius 2 is 1.75 bits per heavy atom. The molecule has 1 aromatic heterocycles. The number of rotatable bonds is 1. The summed E-state index contributed by atoms with van der Waals surface area (Å²) in [6, 6.07) is 15.1. The van der Waals surface area contributed by atoms with Crippen molar-refractivity contribution in [3.63, 3.8) is 0 Å². The van der Waals surface area contributed by atoms with Gasteiger partial charge in [-0.3, -0.25) is 4.98 Å². The van der Waals surface area contributed by atoms with Crippen molar-refractivity contribution in [2.75, 3.05) is 0 Å². The van der Waals surface area contributed by atoms with Crippen LogP contribution in [0.1, 0.15) is 10.4 Å². The van der Waals surface area contributed by atoms with E-state index in [1.54, 1.807) is 42.6 Å². The quantitative estimate of drug-likeness (QED) is 0.397. The van der Waals surface area contributed by atoms with Crippen molar-refractivity contribution in [1.82, 2.24) is 4.98 Å². The molecule has 28 heavy (non-hydrogen) atoms. The Morgan fingerprint density at radius 3 is 2.43 bits per heavy atom. The summed E-state index contributed by atoms with van der Waals surface area (Å²) in [5.41, 5.74) is 0.227. The molecule has 1 N–H and O–H groups in total. The molecule has 0 aliphatic carbocycles. The predicted octanol–water partition coefficient (Wildman–Crippen LogP) is 3.63. The fraction of sp³-hybridized carbons (Fsp3) is 0. The Bertz CT molecular complexity index is 1130. The third-order valence-corrected chi connectivity index (χ3v) is 4.99. The standard InChI is InChI=1S/C11H7BrO3.C9H6ClNO.Cu/c12-9-7-4-2-1-3-6(7)5-8(10(9)13)11(14)15;10-7-3-4-8(12)9-6(7)2-1-5-11-9;/h1-5,13H,(H,14,15);1-5,12H;/q;;+2/p-2. The molecule has 0 saturated carbocycles. The second-order valence-electron chi connectivity index (χ2n) is 5.54. The molecule has 0 unspecified atom stereocenters. The number of aromatic hydroxyl groups is 1. The first kappa shape index (κ1) is 22.0. The number of carboxylic acid groups (broad SMARTS) is 1. The Labute approximate surface area is 184 Å². The molecule has 5 nitrogen and oxygen atoms in total. The number of phenols is 1. The third-order valence-electron chi connectivity index (χ3n) is 3.86. The van der Waals surface area contributed by atoms with Gasteiger partial charge < -0.3 is 20.1 Å². The summed E-state index contributed by atoms with van der Waals surface area (Å²) in [6.45, 7) is 0. The molecule has 0 fully saturated rings. The molecule has 4 rings (SSSR count). The smallest absolute Gasteiger partial charge is 0.871 e. The summed E-state index contributed by atoms with van der Waals surface area (Å²) >= 11 is 9.01. The summed E-state index contributed by atoms with van der Waals surface area (Å²) in [7, 11) is 0. The fourth-order valence-electron chi connectivity index (χ4n) is 2.56. The van der Waals surface area contributed by atoms with Crippen molar-refractivity contribution in [1.29, 1.82) is 0 Å². The monoisotopic (exact) mass is 506 g/mol. The molecule has 4 aromatic rings. The predicted molar refractivity (Wildman–Crippen MR) is 104 cm³/mol. The molecule has 3 aromatic carbocycles. The maximum atomic E-state index is 11.2. The van der Waals surface area contributed by atoms with E-state index in [0.29, 0.717) is 20.4 Å². The average molecular weight is 508 g/mol. The van der Waals surface area contributed by atoms with Crippen LogP contribution in [0.25, 0.3) is 21.7 Å². The summed E-state index contributed by atoms with van der Waals surface area (Å²) in [5.74, 6) is -1.78. The molecule has 0 atom stereocenters. The zero-order chi connectivity index (χ0) is 19.6. The van der Waals surface area contributed by atoms with Crippen LogP contribution in [0.15, 0.2) is 65.3 Å². The first-order valence-electron chi connectivity index (χ1n) is 7.72. The Morgan fingerprint density at radius 1 is 1.07 bits per heavy atom. The number of fused-ring (bicyclic) bond motifs is 2. The first-order valence-corrected chi connectivity index (χ1v) is 8.89. The minimum absolute atomic E-state index is 0. The summed E-state index contributed by atoms with van der Waals surface area (Å²) < 4.78 is 0.375. The molecule has 0 spiro atoms. The number of halogens is 2. The zero-order valence-corrected chi connectivity index (χ0v) is 17.2. The molecule has 8 heteroatoms. The number of aromatic carboxylic acids is 1. The number of pyridine rings is 1. The molecule has 0 amide bonds. The number of hydrogen-bond donors (Lipinski definition) is 1. The topological polar surface area (TPSA) is 96.3 Å². The second-order valence-corrected chi connectivity index (χ2v) is 6.74. The van der Waals surface area contributed by atoms with Crippen molar-refractivity contribution in [2.45, 2.75) is 0 Å². The van der Waals surface area contributed by atoms with Gasteiger partial charge in [0.1, 0.15) is 5.75 Å². The number of nitrogens with zero attached hydrogens (tertiary/aromatic N) is 1.